The van der Waals surface area contributed by atoms with E-state index < -0.39 is 0 Å². The Hall–Kier alpha value is -2.12. The maximum atomic E-state index is 8.68. The van der Waals surface area contributed by atoms with Crippen LogP contribution in [0, 0.1) is 11.3 Å². The molecular formula is C11H7ClN4. The number of aromatic nitrogens is 2. The molecule has 1 aromatic heterocycles. The van der Waals surface area contributed by atoms with E-state index in [1.54, 1.807) is 18.2 Å². The predicted octanol–water partition coefficient (Wildman–Crippen LogP) is 2.75. The first-order valence-electron chi connectivity index (χ1n) is 4.53. The van der Waals surface area contributed by atoms with Crippen molar-refractivity contribution in [3.05, 3.63) is 47.2 Å². The largest absolute Gasteiger partial charge is 0.324 e. The maximum absolute atomic E-state index is 8.68. The molecule has 0 bridgehead atoms. The summed E-state index contributed by atoms with van der Waals surface area (Å²) >= 11 is 5.84. The van der Waals surface area contributed by atoms with Crippen LogP contribution < -0.4 is 5.32 Å². The molecule has 0 radical (unpaired) electrons. The van der Waals surface area contributed by atoms with E-state index in [4.69, 9.17) is 16.9 Å². The summed E-state index contributed by atoms with van der Waals surface area (Å²) in [4.78, 5) is 7.99. The number of nitrogens with zero attached hydrogens (tertiary/aromatic N) is 3. The van der Waals surface area contributed by atoms with Crippen LogP contribution in [0.1, 0.15) is 5.69 Å². The van der Waals surface area contributed by atoms with Crippen LogP contribution in [0.15, 0.2) is 36.5 Å². The van der Waals surface area contributed by atoms with Crippen molar-refractivity contribution in [1.82, 2.24) is 9.97 Å². The van der Waals surface area contributed by atoms with E-state index in [9.17, 15) is 0 Å². The van der Waals surface area contributed by atoms with Crippen LogP contribution in [0.5, 0.6) is 0 Å². The van der Waals surface area contributed by atoms with Crippen LogP contribution in [0.4, 0.5) is 11.6 Å². The summed E-state index contributed by atoms with van der Waals surface area (Å²) in [5.74, 6) is 0.376. The normalized spacial score (nSPS) is 9.50. The summed E-state index contributed by atoms with van der Waals surface area (Å²) in [6, 6.07) is 10.7. The number of nitrogens with one attached hydrogen (secondary N) is 1. The molecule has 0 aliphatic rings. The van der Waals surface area contributed by atoms with Gasteiger partial charge in [0.15, 0.2) is 0 Å². The molecule has 0 saturated carbocycles. The lowest BCUT2D eigenvalue weighted by Crippen LogP contribution is -1.97. The maximum Gasteiger partial charge on any atom is 0.228 e. The highest BCUT2D eigenvalue weighted by molar-refractivity contribution is 6.30. The zero-order valence-electron chi connectivity index (χ0n) is 8.18. The molecule has 0 spiro atoms. The highest BCUT2D eigenvalue weighted by Gasteiger charge is 1.99. The summed E-state index contributed by atoms with van der Waals surface area (Å²) in [5, 5.41) is 12.3. The molecule has 0 fully saturated rings. The number of hydrogen-bond donors (Lipinski definition) is 1. The van der Waals surface area contributed by atoms with Gasteiger partial charge in [-0.2, -0.15) is 5.26 Å². The molecule has 2 rings (SSSR count). The van der Waals surface area contributed by atoms with E-state index in [0.29, 0.717) is 16.7 Å². The minimum atomic E-state index is 0.319. The molecule has 16 heavy (non-hydrogen) atoms. The first-order chi connectivity index (χ1) is 7.78. The topological polar surface area (TPSA) is 61.6 Å². The van der Waals surface area contributed by atoms with Crippen molar-refractivity contribution in [2.45, 2.75) is 0 Å². The molecule has 0 saturated heterocycles. The van der Waals surface area contributed by atoms with Crippen molar-refractivity contribution in [2.24, 2.45) is 0 Å². The molecule has 78 valence electrons. The molecule has 1 N–H and O–H groups in total. The Labute approximate surface area is 97.5 Å². The summed E-state index contributed by atoms with van der Waals surface area (Å²) in [7, 11) is 0. The van der Waals surface area contributed by atoms with Crippen LogP contribution in [-0.2, 0) is 0 Å². The first-order valence-corrected chi connectivity index (χ1v) is 4.91. The highest BCUT2D eigenvalue weighted by atomic mass is 35.5. The lowest BCUT2D eigenvalue weighted by Gasteiger charge is -2.04. The third kappa shape index (κ3) is 2.47. The Balaban J connectivity index is 2.24. The molecule has 5 heteroatoms. The quantitative estimate of drug-likeness (QED) is 0.862. The van der Waals surface area contributed by atoms with Gasteiger partial charge in [-0.25, -0.2) is 9.97 Å². The number of benzene rings is 1. The summed E-state index contributed by atoms with van der Waals surface area (Å²) in [5.41, 5.74) is 1.10. The van der Waals surface area contributed by atoms with Crippen LogP contribution in [0.2, 0.25) is 5.02 Å². The van der Waals surface area contributed by atoms with Gasteiger partial charge in [0.2, 0.25) is 5.95 Å². The Kier molecular flexibility index (Phi) is 2.99. The van der Waals surface area contributed by atoms with Crippen molar-refractivity contribution < 1.29 is 0 Å². The summed E-state index contributed by atoms with van der Waals surface area (Å²) in [6.07, 6.45) is 1.53. The van der Waals surface area contributed by atoms with Crippen molar-refractivity contribution in [2.75, 3.05) is 5.32 Å². The predicted molar refractivity (Wildman–Crippen MR) is 61.5 cm³/mol. The Morgan fingerprint density at radius 1 is 1.31 bits per heavy atom. The van der Waals surface area contributed by atoms with Crippen molar-refractivity contribution >= 4 is 23.2 Å². The lowest BCUT2D eigenvalue weighted by atomic mass is 10.3. The second-order valence-corrected chi connectivity index (χ2v) is 3.45. The van der Waals surface area contributed by atoms with Crippen molar-refractivity contribution in [1.29, 1.82) is 5.26 Å². The summed E-state index contributed by atoms with van der Waals surface area (Å²) < 4.78 is 0. The number of halogens is 1. The fourth-order valence-corrected chi connectivity index (χ4v) is 1.37. The van der Waals surface area contributed by atoms with Gasteiger partial charge in [-0.15, -0.1) is 0 Å². The molecule has 0 aliphatic carbocycles. The molecule has 0 amide bonds. The van der Waals surface area contributed by atoms with Gasteiger partial charge < -0.3 is 5.32 Å². The van der Waals surface area contributed by atoms with Gasteiger partial charge in [-0.1, -0.05) is 17.7 Å². The van der Waals surface area contributed by atoms with Crippen LogP contribution in [-0.4, -0.2) is 9.97 Å². The van der Waals surface area contributed by atoms with Gasteiger partial charge in [-0.05, 0) is 24.3 Å². The van der Waals surface area contributed by atoms with Crippen LogP contribution in [0.3, 0.4) is 0 Å². The van der Waals surface area contributed by atoms with Crippen LogP contribution >= 0.6 is 11.6 Å². The lowest BCUT2D eigenvalue weighted by molar-refractivity contribution is 1.14. The Morgan fingerprint density at radius 2 is 2.19 bits per heavy atom. The van der Waals surface area contributed by atoms with Gasteiger partial charge in [0.25, 0.3) is 0 Å². The SMILES string of the molecule is N#Cc1ccnc(Nc2cccc(Cl)c2)n1. The monoisotopic (exact) mass is 230 g/mol. The first kappa shape index (κ1) is 10.4. The van der Waals surface area contributed by atoms with E-state index in [-0.39, 0.29) is 0 Å². The molecule has 0 aliphatic heterocycles. The molecule has 2 aromatic rings. The molecule has 0 atom stereocenters. The molecule has 0 unspecified atom stereocenters. The van der Waals surface area contributed by atoms with Gasteiger partial charge in [0.1, 0.15) is 11.8 Å². The molecule has 1 aromatic carbocycles. The standard InChI is InChI=1S/C11H7ClN4/c12-8-2-1-3-9(6-8)15-11-14-5-4-10(7-13)16-11/h1-6H,(H,14,15,16). The fourth-order valence-electron chi connectivity index (χ4n) is 1.18. The Bertz CT molecular complexity index is 548. The number of rotatable bonds is 2. The van der Waals surface area contributed by atoms with E-state index in [1.165, 1.54) is 6.20 Å². The zero-order chi connectivity index (χ0) is 11.4. The van der Waals surface area contributed by atoms with Gasteiger partial charge in [0, 0.05) is 16.9 Å². The average Bonchev–Trinajstić information content (AvgIpc) is 2.29. The average molecular weight is 231 g/mol. The molecule has 1 heterocycles. The number of anilines is 2. The van der Waals surface area contributed by atoms with E-state index in [1.807, 2.05) is 18.2 Å². The van der Waals surface area contributed by atoms with Crippen LogP contribution in [0.25, 0.3) is 0 Å². The second kappa shape index (κ2) is 4.60. The van der Waals surface area contributed by atoms with Gasteiger partial charge >= 0.3 is 0 Å². The third-order valence-electron chi connectivity index (χ3n) is 1.85. The fraction of sp³-hybridized carbons (Fsp3) is 0. The molecule has 4 nitrogen and oxygen atoms in total. The third-order valence-corrected chi connectivity index (χ3v) is 2.09. The Morgan fingerprint density at radius 3 is 2.94 bits per heavy atom. The van der Waals surface area contributed by atoms with E-state index >= 15 is 0 Å². The minimum absolute atomic E-state index is 0.319. The minimum Gasteiger partial charge on any atom is -0.324 e. The molecular weight excluding hydrogens is 224 g/mol. The van der Waals surface area contributed by atoms with Gasteiger partial charge in [-0.3, -0.25) is 0 Å². The smallest absolute Gasteiger partial charge is 0.228 e. The van der Waals surface area contributed by atoms with Crippen molar-refractivity contribution in [3.63, 3.8) is 0 Å². The number of nitriles is 1. The van der Waals surface area contributed by atoms with Gasteiger partial charge in [0.05, 0.1) is 0 Å². The van der Waals surface area contributed by atoms with E-state index in [2.05, 4.69) is 15.3 Å². The second-order valence-electron chi connectivity index (χ2n) is 3.01. The highest BCUT2D eigenvalue weighted by Crippen LogP contribution is 2.17. The van der Waals surface area contributed by atoms with Crippen molar-refractivity contribution in [3.8, 4) is 6.07 Å². The number of hydrogen-bond acceptors (Lipinski definition) is 4. The summed E-state index contributed by atoms with van der Waals surface area (Å²) in [6.45, 7) is 0. The zero-order valence-corrected chi connectivity index (χ0v) is 8.94. The van der Waals surface area contributed by atoms with E-state index in [0.717, 1.165) is 5.69 Å².